The van der Waals surface area contributed by atoms with Gasteiger partial charge in [0.15, 0.2) is 0 Å². The molecule has 0 unspecified atom stereocenters. The molecule has 0 atom stereocenters. The maximum Gasteiger partial charge on any atom is 0.261 e. The lowest BCUT2D eigenvalue weighted by molar-refractivity contribution is 0.211. The molecule has 130 valence electrons. The molecule has 2 N–H and O–H groups in total. The van der Waals surface area contributed by atoms with Crippen LogP contribution in [0.4, 0.5) is 11.4 Å². The Kier molecular flexibility index (Phi) is 6.30. The first-order valence-corrected chi connectivity index (χ1v) is 9.01. The third-order valence-corrected chi connectivity index (χ3v) is 4.88. The van der Waals surface area contributed by atoms with Gasteiger partial charge in [0.05, 0.1) is 23.6 Å². The SMILES string of the molecule is COCCNc1ccc(NS(=O)(=O)c2ccc(OC)c(Cl)c2)cc1. The fourth-order valence-electron chi connectivity index (χ4n) is 1.98. The first-order chi connectivity index (χ1) is 11.5. The number of rotatable bonds is 8. The van der Waals surface area contributed by atoms with Crippen LogP contribution in [0.5, 0.6) is 5.75 Å². The molecule has 0 saturated carbocycles. The minimum atomic E-state index is -3.72. The number of sulfonamides is 1. The number of benzene rings is 2. The molecular weight excluding hydrogens is 352 g/mol. The van der Waals surface area contributed by atoms with Crippen molar-refractivity contribution in [2.45, 2.75) is 4.90 Å². The molecule has 6 nitrogen and oxygen atoms in total. The van der Waals surface area contributed by atoms with E-state index in [1.54, 1.807) is 31.4 Å². The predicted octanol–water partition coefficient (Wildman–Crippen LogP) is 3.21. The molecule has 0 fully saturated rings. The van der Waals surface area contributed by atoms with Gasteiger partial charge in [-0.1, -0.05) is 11.6 Å². The average Bonchev–Trinajstić information content (AvgIpc) is 2.56. The maximum absolute atomic E-state index is 12.4. The number of hydrogen-bond acceptors (Lipinski definition) is 5. The Morgan fingerprint density at radius 3 is 2.29 bits per heavy atom. The van der Waals surface area contributed by atoms with Gasteiger partial charge >= 0.3 is 0 Å². The molecule has 0 saturated heterocycles. The number of ether oxygens (including phenoxy) is 2. The van der Waals surface area contributed by atoms with Crippen LogP contribution in [0, 0.1) is 0 Å². The third-order valence-electron chi connectivity index (χ3n) is 3.21. The summed E-state index contributed by atoms with van der Waals surface area (Å²) in [6.45, 7) is 1.26. The number of anilines is 2. The zero-order chi connectivity index (χ0) is 17.6. The Bertz CT molecular complexity index is 779. The molecule has 0 aromatic heterocycles. The van der Waals surface area contributed by atoms with Crippen LogP contribution in [-0.2, 0) is 14.8 Å². The smallest absolute Gasteiger partial charge is 0.261 e. The molecule has 0 amide bonds. The van der Waals surface area contributed by atoms with Gasteiger partial charge in [0.2, 0.25) is 0 Å². The van der Waals surface area contributed by atoms with Crippen LogP contribution in [-0.4, -0.2) is 35.8 Å². The second-order valence-electron chi connectivity index (χ2n) is 4.90. The minimum Gasteiger partial charge on any atom is -0.495 e. The van der Waals surface area contributed by atoms with E-state index in [-0.39, 0.29) is 9.92 Å². The molecule has 8 heteroatoms. The zero-order valence-electron chi connectivity index (χ0n) is 13.4. The topological polar surface area (TPSA) is 76.7 Å². The summed E-state index contributed by atoms with van der Waals surface area (Å²) in [5, 5.41) is 3.39. The molecule has 0 bridgehead atoms. The molecule has 0 aliphatic rings. The van der Waals surface area contributed by atoms with Gasteiger partial charge in [0, 0.05) is 25.0 Å². The van der Waals surface area contributed by atoms with Crippen molar-refractivity contribution in [3.8, 4) is 5.75 Å². The fourth-order valence-corrected chi connectivity index (χ4v) is 3.39. The van der Waals surface area contributed by atoms with Gasteiger partial charge in [-0.25, -0.2) is 8.42 Å². The molecule has 2 aromatic rings. The summed E-state index contributed by atoms with van der Waals surface area (Å²) in [5.74, 6) is 0.419. The molecule has 0 aliphatic carbocycles. The van der Waals surface area contributed by atoms with E-state index in [9.17, 15) is 8.42 Å². The molecule has 0 spiro atoms. The lowest BCUT2D eigenvalue weighted by atomic mass is 10.3. The molecule has 0 radical (unpaired) electrons. The lowest BCUT2D eigenvalue weighted by Crippen LogP contribution is -2.13. The quantitative estimate of drug-likeness (QED) is 0.698. The average molecular weight is 371 g/mol. The summed E-state index contributed by atoms with van der Waals surface area (Å²) in [7, 11) is -0.627. The highest BCUT2D eigenvalue weighted by Gasteiger charge is 2.16. The van der Waals surface area contributed by atoms with Crippen molar-refractivity contribution in [3.63, 3.8) is 0 Å². The van der Waals surface area contributed by atoms with Crippen molar-refractivity contribution in [2.75, 3.05) is 37.4 Å². The van der Waals surface area contributed by atoms with Gasteiger partial charge in [0.1, 0.15) is 5.75 Å². The van der Waals surface area contributed by atoms with Gasteiger partial charge in [0.25, 0.3) is 10.0 Å². The molecule has 24 heavy (non-hydrogen) atoms. The zero-order valence-corrected chi connectivity index (χ0v) is 14.9. The number of methoxy groups -OCH3 is 2. The highest BCUT2D eigenvalue weighted by molar-refractivity contribution is 7.92. The minimum absolute atomic E-state index is 0.0654. The number of nitrogens with one attached hydrogen (secondary N) is 2. The van der Waals surface area contributed by atoms with Crippen LogP contribution < -0.4 is 14.8 Å². The highest BCUT2D eigenvalue weighted by atomic mass is 35.5. The summed E-state index contributed by atoms with van der Waals surface area (Å²) < 4.78 is 37.3. The lowest BCUT2D eigenvalue weighted by Gasteiger charge is -2.11. The molecule has 2 rings (SSSR count). The summed E-state index contributed by atoms with van der Waals surface area (Å²) in [5.41, 5.74) is 1.33. The summed E-state index contributed by atoms with van der Waals surface area (Å²) in [4.78, 5) is 0.0654. The van der Waals surface area contributed by atoms with Gasteiger partial charge in [-0.05, 0) is 42.5 Å². The van der Waals surface area contributed by atoms with Crippen LogP contribution in [0.25, 0.3) is 0 Å². The van der Waals surface area contributed by atoms with Crippen molar-refractivity contribution >= 4 is 33.0 Å². The molecule has 0 heterocycles. The van der Waals surface area contributed by atoms with E-state index < -0.39 is 10.0 Å². The normalized spacial score (nSPS) is 11.1. The fraction of sp³-hybridized carbons (Fsp3) is 0.250. The monoisotopic (exact) mass is 370 g/mol. The Hall–Kier alpha value is -1.96. The summed E-state index contributed by atoms with van der Waals surface area (Å²) >= 11 is 5.98. The largest absolute Gasteiger partial charge is 0.495 e. The van der Waals surface area contributed by atoms with E-state index in [1.165, 1.54) is 25.3 Å². The number of hydrogen-bond donors (Lipinski definition) is 2. The van der Waals surface area contributed by atoms with E-state index in [2.05, 4.69) is 10.0 Å². The van der Waals surface area contributed by atoms with Gasteiger partial charge in [-0.3, -0.25) is 4.72 Å². The first-order valence-electron chi connectivity index (χ1n) is 7.15. The maximum atomic E-state index is 12.4. The van der Waals surface area contributed by atoms with E-state index in [1.807, 2.05) is 0 Å². The first kappa shape index (κ1) is 18.4. The second-order valence-corrected chi connectivity index (χ2v) is 6.99. The summed E-state index contributed by atoms with van der Waals surface area (Å²) in [6.07, 6.45) is 0. The van der Waals surface area contributed by atoms with Crippen LogP contribution in [0.1, 0.15) is 0 Å². The molecule has 0 aliphatic heterocycles. The van der Waals surface area contributed by atoms with Crippen LogP contribution in [0.15, 0.2) is 47.4 Å². The Morgan fingerprint density at radius 2 is 1.71 bits per heavy atom. The van der Waals surface area contributed by atoms with Crippen molar-refractivity contribution < 1.29 is 17.9 Å². The molecular formula is C16H19ClN2O4S. The van der Waals surface area contributed by atoms with Crippen LogP contribution in [0.2, 0.25) is 5.02 Å². The predicted molar refractivity (Wildman–Crippen MR) is 95.6 cm³/mol. The summed E-state index contributed by atoms with van der Waals surface area (Å²) in [6, 6.07) is 11.2. The second kappa shape index (κ2) is 8.23. The van der Waals surface area contributed by atoms with Crippen molar-refractivity contribution in [1.82, 2.24) is 0 Å². The Morgan fingerprint density at radius 1 is 1.04 bits per heavy atom. The van der Waals surface area contributed by atoms with Crippen LogP contribution in [0.3, 0.4) is 0 Å². The van der Waals surface area contributed by atoms with E-state index in [0.717, 1.165) is 5.69 Å². The standard InChI is InChI=1S/C16H19ClN2O4S/c1-22-10-9-18-12-3-5-13(6-4-12)19-24(20,21)14-7-8-16(23-2)15(17)11-14/h3-8,11,18-19H,9-10H2,1-2H3. The van der Waals surface area contributed by atoms with Crippen molar-refractivity contribution in [1.29, 1.82) is 0 Å². The van der Waals surface area contributed by atoms with Crippen molar-refractivity contribution in [3.05, 3.63) is 47.5 Å². The van der Waals surface area contributed by atoms with E-state index >= 15 is 0 Å². The van der Waals surface area contributed by atoms with Crippen LogP contribution >= 0.6 is 11.6 Å². The molecule has 2 aromatic carbocycles. The number of halogens is 1. The third kappa shape index (κ3) is 4.77. The Labute approximate surface area is 146 Å². The van der Waals surface area contributed by atoms with Gasteiger partial charge < -0.3 is 14.8 Å². The van der Waals surface area contributed by atoms with Gasteiger partial charge in [-0.15, -0.1) is 0 Å². The van der Waals surface area contributed by atoms with E-state index in [4.69, 9.17) is 21.1 Å². The highest BCUT2D eigenvalue weighted by Crippen LogP contribution is 2.28. The Balaban J connectivity index is 2.10. The van der Waals surface area contributed by atoms with Gasteiger partial charge in [-0.2, -0.15) is 0 Å². The van der Waals surface area contributed by atoms with Crippen molar-refractivity contribution in [2.24, 2.45) is 0 Å². The van der Waals surface area contributed by atoms with E-state index in [0.29, 0.717) is 24.6 Å².